The maximum Gasteiger partial charge on any atom is 0.0795 e. The quantitative estimate of drug-likeness (QED) is 0.736. The number of thioether (sulfide) groups is 1. The number of hydrogen-bond donors (Lipinski definition) is 1. The Balaban J connectivity index is 2.37. The van der Waals surface area contributed by atoms with Gasteiger partial charge in [0.2, 0.25) is 0 Å². The molecule has 1 nitrogen and oxygen atoms in total. The molecular formula is C11H15NS. The third-order valence-electron chi connectivity index (χ3n) is 2.52. The van der Waals surface area contributed by atoms with Crippen LogP contribution in [-0.4, -0.2) is 12.3 Å². The van der Waals surface area contributed by atoms with E-state index in [1.165, 1.54) is 22.4 Å². The summed E-state index contributed by atoms with van der Waals surface area (Å²) in [5, 5.41) is 4.05. The zero-order chi connectivity index (χ0) is 9.26. The van der Waals surface area contributed by atoms with E-state index in [2.05, 4.69) is 37.4 Å². The Morgan fingerprint density at radius 1 is 1.31 bits per heavy atom. The van der Waals surface area contributed by atoms with Crippen LogP contribution in [0.2, 0.25) is 0 Å². The fourth-order valence-corrected chi connectivity index (χ4v) is 3.10. The van der Waals surface area contributed by atoms with E-state index in [1.807, 2.05) is 11.8 Å². The Morgan fingerprint density at radius 3 is 2.54 bits per heavy atom. The molecule has 0 aromatic heterocycles. The topological polar surface area (TPSA) is 12.0 Å². The summed E-state index contributed by atoms with van der Waals surface area (Å²) in [4.78, 5) is 0. The van der Waals surface area contributed by atoms with Crippen molar-refractivity contribution < 1.29 is 0 Å². The fourth-order valence-electron chi connectivity index (χ4n) is 1.85. The summed E-state index contributed by atoms with van der Waals surface area (Å²) in [5.74, 6) is 1.23. The molecule has 2 heteroatoms. The van der Waals surface area contributed by atoms with Crippen molar-refractivity contribution in [3.8, 4) is 0 Å². The molecule has 2 rings (SSSR count). The molecule has 0 amide bonds. The van der Waals surface area contributed by atoms with Gasteiger partial charge in [-0.2, -0.15) is 0 Å². The minimum absolute atomic E-state index is 0.529. The maximum atomic E-state index is 3.52. The van der Waals surface area contributed by atoms with Crippen LogP contribution in [-0.2, 0) is 0 Å². The van der Waals surface area contributed by atoms with Crippen molar-refractivity contribution in [2.45, 2.75) is 19.2 Å². The Morgan fingerprint density at radius 2 is 2.00 bits per heavy atom. The first-order chi connectivity index (χ1) is 6.29. The van der Waals surface area contributed by atoms with Gasteiger partial charge in [0, 0.05) is 12.3 Å². The molecule has 1 aliphatic rings. The van der Waals surface area contributed by atoms with Gasteiger partial charge in [-0.25, -0.2) is 0 Å². The van der Waals surface area contributed by atoms with Crippen molar-refractivity contribution in [3.05, 3.63) is 34.9 Å². The molecule has 0 radical (unpaired) electrons. The molecule has 1 saturated heterocycles. The van der Waals surface area contributed by atoms with Gasteiger partial charge < -0.3 is 5.32 Å². The molecule has 0 saturated carbocycles. The smallest absolute Gasteiger partial charge is 0.0795 e. The summed E-state index contributed by atoms with van der Waals surface area (Å²) < 4.78 is 0. The van der Waals surface area contributed by atoms with Gasteiger partial charge in [0.25, 0.3) is 0 Å². The summed E-state index contributed by atoms with van der Waals surface area (Å²) in [6, 6.07) is 6.53. The summed E-state index contributed by atoms with van der Waals surface area (Å²) in [6.45, 7) is 5.54. The highest BCUT2D eigenvalue weighted by Gasteiger charge is 2.19. The first-order valence-electron chi connectivity index (χ1n) is 4.70. The molecule has 1 aromatic carbocycles. The fraction of sp³-hybridized carbons (Fsp3) is 0.455. The molecule has 1 N–H and O–H groups in total. The van der Waals surface area contributed by atoms with Gasteiger partial charge >= 0.3 is 0 Å². The second-order valence-corrected chi connectivity index (χ2v) is 4.72. The third kappa shape index (κ3) is 1.74. The van der Waals surface area contributed by atoms with E-state index >= 15 is 0 Å². The van der Waals surface area contributed by atoms with E-state index in [0.717, 1.165) is 6.54 Å². The van der Waals surface area contributed by atoms with Gasteiger partial charge in [-0.3, -0.25) is 0 Å². The number of hydrogen-bond acceptors (Lipinski definition) is 2. The van der Waals surface area contributed by atoms with Crippen molar-refractivity contribution >= 4 is 11.8 Å². The summed E-state index contributed by atoms with van der Waals surface area (Å²) in [6.07, 6.45) is 0. The Labute approximate surface area is 83.9 Å². The summed E-state index contributed by atoms with van der Waals surface area (Å²) in [5.41, 5.74) is 4.31. The average molecular weight is 193 g/mol. The number of rotatable bonds is 1. The molecule has 1 unspecified atom stereocenters. The highest BCUT2D eigenvalue weighted by molar-refractivity contribution is 7.99. The van der Waals surface area contributed by atoms with Crippen LogP contribution in [0.15, 0.2) is 18.2 Å². The predicted octanol–water partition coefficient (Wildman–Crippen LogP) is 2.64. The lowest BCUT2D eigenvalue weighted by Gasteiger charge is -2.15. The zero-order valence-electron chi connectivity index (χ0n) is 8.13. The van der Waals surface area contributed by atoms with Crippen LogP contribution in [0.3, 0.4) is 0 Å². The minimum atomic E-state index is 0.529. The molecular weight excluding hydrogens is 178 g/mol. The van der Waals surface area contributed by atoms with Gasteiger partial charge in [-0.15, -0.1) is 11.8 Å². The Hall–Kier alpha value is -0.470. The molecule has 1 fully saturated rings. The van der Waals surface area contributed by atoms with Gasteiger partial charge in [0.1, 0.15) is 0 Å². The predicted molar refractivity (Wildman–Crippen MR) is 59.1 cm³/mol. The van der Waals surface area contributed by atoms with E-state index < -0.39 is 0 Å². The molecule has 13 heavy (non-hydrogen) atoms. The first kappa shape index (κ1) is 9.10. The van der Waals surface area contributed by atoms with Gasteiger partial charge in [0.15, 0.2) is 0 Å². The number of benzene rings is 1. The van der Waals surface area contributed by atoms with Crippen LogP contribution in [0.1, 0.15) is 22.1 Å². The second kappa shape index (κ2) is 3.72. The standard InChI is InChI=1S/C11H15NS/c1-8-4-3-5-9(2)10(8)11-12-6-7-13-11/h3-5,11-12H,6-7H2,1-2H3. The lowest BCUT2D eigenvalue weighted by Crippen LogP contribution is -2.14. The van der Waals surface area contributed by atoms with Crippen LogP contribution >= 0.6 is 11.8 Å². The van der Waals surface area contributed by atoms with Crippen molar-refractivity contribution in [2.75, 3.05) is 12.3 Å². The molecule has 1 aliphatic heterocycles. The molecule has 0 spiro atoms. The number of nitrogens with one attached hydrogen (secondary N) is 1. The highest BCUT2D eigenvalue weighted by Crippen LogP contribution is 2.33. The highest BCUT2D eigenvalue weighted by atomic mass is 32.2. The minimum Gasteiger partial charge on any atom is -0.301 e. The molecule has 1 heterocycles. The number of aryl methyl sites for hydroxylation is 2. The van der Waals surface area contributed by atoms with Crippen molar-refractivity contribution in [3.63, 3.8) is 0 Å². The van der Waals surface area contributed by atoms with E-state index in [9.17, 15) is 0 Å². The summed E-state index contributed by atoms with van der Waals surface area (Å²) in [7, 11) is 0. The Kier molecular flexibility index (Phi) is 2.61. The third-order valence-corrected chi connectivity index (χ3v) is 3.70. The van der Waals surface area contributed by atoms with Crippen LogP contribution in [0.5, 0.6) is 0 Å². The first-order valence-corrected chi connectivity index (χ1v) is 5.75. The van der Waals surface area contributed by atoms with E-state index in [1.54, 1.807) is 0 Å². The largest absolute Gasteiger partial charge is 0.301 e. The van der Waals surface area contributed by atoms with Gasteiger partial charge in [-0.05, 0) is 30.5 Å². The van der Waals surface area contributed by atoms with Crippen LogP contribution in [0.4, 0.5) is 0 Å². The van der Waals surface area contributed by atoms with E-state index in [0.29, 0.717) is 5.37 Å². The van der Waals surface area contributed by atoms with Crippen LogP contribution in [0.25, 0.3) is 0 Å². The SMILES string of the molecule is Cc1cccc(C)c1C1NCCS1. The van der Waals surface area contributed by atoms with Crippen LogP contribution < -0.4 is 5.32 Å². The van der Waals surface area contributed by atoms with Crippen molar-refractivity contribution in [1.29, 1.82) is 0 Å². The Bertz CT molecular complexity index is 283. The van der Waals surface area contributed by atoms with Crippen LogP contribution in [0, 0.1) is 13.8 Å². The van der Waals surface area contributed by atoms with Crippen molar-refractivity contribution in [2.24, 2.45) is 0 Å². The molecule has 1 aromatic rings. The van der Waals surface area contributed by atoms with Gasteiger partial charge in [-0.1, -0.05) is 18.2 Å². The van der Waals surface area contributed by atoms with Gasteiger partial charge in [0.05, 0.1) is 5.37 Å². The lowest BCUT2D eigenvalue weighted by atomic mass is 10.0. The molecule has 70 valence electrons. The monoisotopic (exact) mass is 193 g/mol. The normalized spacial score (nSPS) is 22.2. The molecule has 0 bridgehead atoms. The average Bonchev–Trinajstić information content (AvgIpc) is 2.57. The second-order valence-electron chi connectivity index (χ2n) is 3.51. The lowest BCUT2D eigenvalue weighted by molar-refractivity contribution is 0.743. The molecule has 1 atom stereocenters. The van der Waals surface area contributed by atoms with E-state index in [-0.39, 0.29) is 0 Å². The van der Waals surface area contributed by atoms with Crippen molar-refractivity contribution in [1.82, 2.24) is 5.32 Å². The maximum absolute atomic E-state index is 3.52. The summed E-state index contributed by atoms with van der Waals surface area (Å²) >= 11 is 2.01. The van der Waals surface area contributed by atoms with E-state index in [4.69, 9.17) is 0 Å². The zero-order valence-corrected chi connectivity index (χ0v) is 8.95. The molecule has 0 aliphatic carbocycles.